The molecule has 2 N–H and O–H groups in total. The number of ether oxygens (including phenoxy) is 1. The number of amides is 2. The summed E-state index contributed by atoms with van der Waals surface area (Å²) in [6.07, 6.45) is -0.627. The van der Waals surface area contributed by atoms with Gasteiger partial charge in [0.2, 0.25) is 5.91 Å². The molecular weight excluding hydrogens is 328 g/mol. The van der Waals surface area contributed by atoms with Crippen LogP contribution < -0.4 is 15.4 Å². The van der Waals surface area contributed by atoms with E-state index < -0.39 is 11.5 Å². The molecular formula is C21H26N2O3. The predicted octanol–water partition coefficient (Wildman–Crippen LogP) is 4.39. The highest BCUT2D eigenvalue weighted by atomic mass is 16.5. The van der Waals surface area contributed by atoms with Crippen LogP contribution >= 0.6 is 0 Å². The third-order valence-corrected chi connectivity index (χ3v) is 3.79. The molecule has 2 aromatic carbocycles. The largest absolute Gasteiger partial charge is 0.481 e. The van der Waals surface area contributed by atoms with Gasteiger partial charge in [-0.2, -0.15) is 0 Å². The van der Waals surface area contributed by atoms with Crippen molar-refractivity contribution in [3.05, 3.63) is 54.1 Å². The van der Waals surface area contributed by atoms with Crippen LogP contribution in [0.5, 0.6) is 5.75 Å². The van der Waals surface area contributed by atoms with Crippen molar-refractivity contribution in [3.63, 3.8) is 0 Å². The lowest BCUT2D eigenvalue weighted by atomic mass is 9.95. The first-order valence-electron chi connectivity index (χ1n) is 8.61. The Morgan fingerprint density at radius 2 is 1.38 bits per heavy atom. The molecule has 0 aromatic heterocycles. The fourth-order valence-electron chi connectivity index (χ4n) is 2.07. The Balaban J connectivity index is 1.92. The Morgan fingerprint density at radius 1 is 0.885 bits per heavy atom. The molecule has 2 amide bonds. The van der Waals surface area contributed by atoms with E-state index in [1.165, 1.54) is 0 Å². The van der Waals surface area contributed by atoms with Gasteiger partial charge in [-0.3, -0.25) is 9.59 Å². The normalized spacial score (nSPS) is 12.2. The van der Waals surface area contributed by atoms with Crippen molar-refractivity contribution in [3.8, 4) is 5.75 Å². The standard InChI is InChI=1S/C21H26N2O3/c1-14-6-12-18(13-7-14)26-15(2)19(24)22-16-8-10-17(11-9-16)23-20(25)21(3,4)5/h6-13,15H,1-5H3,(H,22,24)(H,23,25). The molecule has 5 heteroatoms. The van der Waals surface area contributed by atoms with Crippen LogP contribution in [0, 0.1) is 12.3 Å². The average Bonchev–Trinajstić information content (AvgIpc) is 2.57. The number of carbonyl (C=O) groups is 2. The Labute approximate surface area is 154 Å². The van der Waals surface area contributed by atoms with E-state index in [0.29, 0.717) is 17.1 Å². The van der Waals surface area contributed by atoms with E-state index in [9.17, 15) is 9.59 Å². The van der Waals surface area contributed by atoms with E-state index in [0.717, 1.165) is 5.56 Å². The molecule has 0 saturated carbocycles. The van der Waals surface area contributed by atoms with Crippen molar-refractivity contribution >= 4 is 23.2 Å². The quantitative estimate of drug-likeness (QED) is 0.837. The minimum atomic E-state index is -0.627. The molecule has 1 atom stereocenters. The van der Waals surface area contributed by atoms with Gasteiger partial charge in [-0.25, -0.2) is 0 Å². The molecule has 0 fully saturated rings. The zero-order valence-corrected chi connectivity index (χ0v) is 15.9. The Bertz CT molecular complexity index is 759. The maximum absolute atomic E-state index is 12.3. The highest BCUT2D eigenvalue weighted by molar-refractivity contribution is 5.96. The average molecular weight is 354 g/mol. The van der Waals surface area contributed by atoms with Gasteiger partial charge in [0.25, 0.3) is 5.91 Å². The highest BCUT2D eigenvalue weighted by Crippen LogP contribution is 2.19. The maximum atomic E-state index is 12.3. The van der Waals surface area contributed by atoms with Gasteiger partial charge in [0, 0.05) is 16.8 Å². The second kappa shape index (κ2) is 8.04. The minimum Gasteiger partial charge on any atom is -0.481 e. The molecule has 0 bridgehead atoms. The van der Waals surface area contributed by atoms with Gasteiger partial charge in [0.15, 0.2) is 6.10 Å². The third kappa shape index (κ3) is 5.62. The van der Waals surface area contributed by atoms with E-state index in [1.54, 1.807) is 31.2 Å². The van der Waals surface area contributed by atoms with Crippen LogP contribution in [0.15, 0.2) is 48.5 Å². The second-order valence-corrected chi connectivity index (χ2v) is 7.34. The van der Waals surface area contributed by atoms with Crippen molar-refractivity contribution in [2.45, 2.75) is 40.7 Å². The van der Waals surface area contributed by atoms with Crippen molar-refractivity contribution in [1.29, 1.82) is 0 Å². The van der Waals surface area contributed by atoms with Gasteiger partial charge in [-0.15, -0.1) is 0 Å². The number of hydrogen-bond donors (Lipinski definition) is 2. The molecule has 26 heavy (non-hydrogen) atoms. The number of anilines is 2. The van der Waals surface area contributed by atoms with E-state index in [1.807, 2.05) is 52.0 Å². The van der Waals surface area contributed by atoms with Gasteiger partial charge in [-0.1, -0.05) is 38.5 Å². The molecule has 0 aliphatic rings. The Hall–Kier alpha value is -2.82. The summed E-state index contributed by atoms with van der Waals surface area (Å²) in [4.78, 5) is 24.3. The van der Waals surface area contributed by atoms with Crippen LogP contribution in [0.2, 0.25) is 0 Å². The SMILES string of the molecule is Cc1ccc(OC(C)C(=O)Nc2ccc(NC(=O)C(C)(C)C)cc2)cc1. The fourth-order valence-corrected chi connectivity index (χ4v) is 2.07. The van der Waals surface area contributed by atoms with Crippen molar-refractivity contribution < 1.29 is 14.3 Å². The minimum absolute atomic E-state index is 0.0607. The molecule has 0 aliphatic heterocycles. The maximum Gasteiger partial charge on any atom is 0.265 e. The van der Waals surface area contributed by atoms with Gasteiger partial charge in [0.1, 0.15) is 5.75 Å². The van der Waals surface area contributed by atoms with Crippen LogP contribution in [0.25, 0.3) is 0 Å². The molecule has 0 radical (unpaired) electrons. The van der Waals surface area contributed by atoms with Gasteiger partial charge in [-0.05, 0) is 50.2 Å². The monoisotopic (exact) mass is 354 g/mol. The highest BCUT2D eigenvalue weighted by Gasteiger charge is 2.21. The summed E-state index contributed by atoms with van der Waals surface area (Å²) in [6.45, 7) is 9.26. The van der Waals surface area contributed by atoms with Crippen LogP contribution in [0.3, 0.4) is 0 Å². The van der Waals surface area contributed by atoms with E-state index in [4.69, 9.17) is 4.74 Å². The lowest BCUT2D eigenvalue weighted by Gasteiger charge is -2.18. The van der Waals surface area contributed by atoms with Gasteiger partial charge in [0.05, 0.1) is 0 Å². The number of benzene rings is 2. The van der Waals surface area contributed by atoms with Crippen LogP contribution in [0.4, 0.5) is 11.4 Å². The molecule has 2 aromatic rings. The predicted molar refractivity (Wildman–Crippen MR) is 104 cm³/mol. The summed E-state index contributed by atoms with van der Waals surface area (Å²) in [6, 6.07) is 14.5. The number of aryl methyl sites for hydroxylation is 1. The van der Waals surface area contributed by atoms with Gasteiger partial charge < -0.3 is 15.4 Å². The summed E-state index contributed by atoms with van der Waals surface area (Å²) >= 11 is 0. The van der Waals surface area contributed by atoms with E-state index in [-0.39, 0.29) is 11.8 Å². The number of carbonyl (C=O) groups excluding carboxylic acids is 2. The molecule has 2 rings (SSSR count). The summed E-state index contributed by atoms with van der Waals surface area (Å²) in [7, 11) is 0. The van der Waals surface area contributed by atoms with Crippen molar-refractivity contribution in [2.24, 2.45) is 5.41 Å². The smallest absolute Gasteiger partial charge is 0.265 e. The third-order valence-electron chi connectivity index (χ3n) is 3.79. The molecule has 0 heterocycles. The molecule has 138 valence electrons. The zero-order valence-electron chi connectivity index (χ0n) is 15.9. The van der Waals surface area contributed by atoms with E-state index in [2.05, 4.69) is 10.6 Å². The first-order chi connectivity index (χ1) is 12.1. The van der Waals surface area contributed by atoms with Crippen LogP contribution in [-0.2, 0) is 9.59 Å². The summed E-state index contributed by atoms with van der Waals surface area (Å²) in [5, 5.41) is 5.65. The van der Waals surface area contributed by atoms with Crippen LogP contribution in [-0.4, -0.2) is 17.9 Å². The summed E-state index contributed by atoms with van der Waals surface area (Å²) in [5.41, 5.74) is 2.00. The Morgan fingerprint density at radius 3 is 1.88 bits per heavy atom. The van der Waals surface area contributed by atoms with E-state index >= 15 is 0 Å². The van der Waals surface area contributed by atoms with Crippen molar-refractivity contribution in [2.75, 3.05) is 10.6 Å². The van der Waals surface area contributed by atoms with Crippen molar-refractivity contribution in [1.82, 2.24) is 0 Å². The second-order valence-electron chi connectivity index (χ2n) is 7.34. The zero-order chi connectivity index (χ0) is 19.3. The molecule has 0 saturated heterocycles. The lowest BCUT2D eigenvalue weighted by Crippen LogP contribution is -2.30. The van der Waals surface area contributed by atoms with Crippen LogP contribution in [0.1, 0.15) is 33.3 Å². The number of hydrogen-bond acceptors (Lipinski definition) is 3. The topological polar surface area (TPSA) is 67.4 Å². The van der Waals surface area contributed by atoms with Gasteiger partial charge >= 0.3 is 0 Å². The molecule has 1 unspecified atom stereocenters. The summed E-state index contributed by atoms with van der Waals surface area (Å²) < 4.78 is 5.65. The lowest BCUT2D eigenvalue weighted by molar-refractivity contribution is -0.123. The Kier molecular flexibility index (Phi) is 6.03. The first kappa shape index (κ1) is 19.5. The number of rotatable bonds is 5. The molecule has 0 spiro atoms. The molecule has 5 nitrogen and oxygen atoms in total. The number of nitrogens with one attached hydrogen (secondary N) is 2. The fraction of sp³-hybridized carbons (Fsp3) is 0.333. The molecule has 0 aliphatic carbocycles. The summed E-state index contributed by atoms with van der Waals surface area (Å²) in [5.74, 6) is 0.352. The first-order valence-corrected chi connectivity index (χ1v) is 8.61.